The van der Waals surface area contributed by atoms with E-state index in [0.717, 1.165) is 23.3 Å². The molecule has 2 N–H and O–H groups in total. The average molecular weight is 272 g/mol. The Labute approximate surface area is 119 Å². The third-order valence-electron chi connectivity index (χ3n) is 3.32. The van der Waals surface area contributed by atoms with Gasteiger partial charge in [-0.05, 0) is 35.7 Å². The average Bonchev–Trinajstić information content (AvgIpc) is 2.49. The quantitative estimate of drug-likeness (QED) is 0.829. The molecule has 1 aliphatic rings. The molecule has 106 valence electrons. The van der Waals surface area contributed by atoms with Crippen LogP contribution in [0.15, 0.2) is 42.5 Å². The zero-order valence-corrected chi connectivity index (χ0v) is 11.8. The summed E-state index contributed by atoms with van der Waals surface area (Å²) in [4.78, 5) is 0. The van der Waals surface area contributed by atoms with E-state index in [1.165, 1.54) is 0 Å². The maximum Gasteiger partial charge on any atom is 0.126 e. The number of rotatable bonds is 1. The molecule has 20 heavy (non-hydrogen) atoms. The van der Waals surface area contributed by atoms with Gasteiger partial charge in [0, 0.05) is 12.0 Å². The van der Waals surface area contributed by atoms with Gasteiger partial charge in [-0.2, -0.15) is 0 Å². The molecule has 0 saturated heterocycles. The minimum absolute atomic E-state index is 0.233. The number of phenolic OH excluding ortho intramolecular Hbond substituents is 2. The van der Waals surface area contributed by atoms with Crippen LogP contribution in [0.25, 0.3) is 0 Å². The molecule has 0 amide bonds. The van der Waals surface area contributed by atoms with Crippen LogP contribution in [-0.2, 0) is 6.42 Å². The second-order valence-corrected chi connectivity index (χ2v) is 4.60. The smallest absolute Gasteiger partial charge is 0.126 e. The monoisotopic (exact) mass is 272 g/mol. The highest BCUT2D eigenvalue weighted by Crippen LogP contribution is 2.34. The van der Waals surface area contributed by atoms with Crippen LogP contribution >= 0.6 is 0 Å². The van der Waals surface area contributed by atoms with Crippen molar-refractivity contribution in [2.75, 3.05) is 6.61 Å². The van der Waals surface area contributed by atoms with E-state index in [9.17, 15) is 10.2 Å². The number of benzene rings is 2. The van der Waals surface area contributed by atoms with Crippen molar-refractivity contribution in [2.45, 2.75) is 26.2 Å². The molecule has 0 bridgehead atoms. The fourth-order valence-corrected chi connectivity index (χ4v) is 2.32. The number of hydrogen-bond donors (Lipinski definition) is 2. The predicted molar refractivity (Wildman–Crippen MR) is 79.5 cm³/mol. The van der Waals surface area contributed by atoms with Gasteiger partial charge in [0.2, 0.25) is 0 Å². The van der Waals surface area contributed by atoms with Crippen molar-refractivity contribution in [3.05, 3.63) is 53.6 Å². The highest BCUT2D eigenvalue weighted by atomic mass is 16.5. The topological polar surface area (TPSA) is 49.7 Å². The Hall–Kier alpha value is -2.16. The second kappa shape index (κ2) is 6.33. The summed E-state index contributed by atoms with van der Waals surface area (Å²) in [7, 11) is 0. The van der Waals surface area contributed by atoms with Crippen molar-refractivity contribution >= 4 is 0 Å². The molecule has 1 heterocycles. The Morgan fingerprint density at radius 1 is 0.950 bits per heavy atom. The Morgan fingerprint density at radius 2 is 1.60 bits per heavy atom. The van der Waals surface area contributed by atoms with Crippen molar-refractivity contribution in [3.8, 4) is 17.2 Å². The van der Waals surface area contributed by atoms with Gasteiger partial charge in [0.25, 0.3) is 0 Å². The van der Waals surface area contributed by atoms with Gasteiger partial charge in [-0.3, -0.25) is 0 Å². The number of fused-ring (bicyclic) bond motifs is 1. The lowest BCUT2D eigenvalue weighted by Gasteiger charge is -2.25. The lowest BCUT2D eigenvalue weighted by molar-refractivity contribution is 0.261. The summed E-state index contributed by atoms with van der Waals surface area (Å²) < 4.78 is 5.68. The molecule has 1 atom stereocenters. The van der Waals surface area contributed by atoms with E-state index in [1.807, 2.05) is 32.0 Å². The van der Waals surface area contributed by atoms with Gasteiger partial charge < -0.3 is 14.9 Å². The van der Waals surface area contributed by atoms with Crippen molar-refractivity contribution in [1.29, 1.82) is 0 Å². The molecule has 1 aliphatic heterocycles. The van der Waals surface area contributed by atoms with Crippen LogP contribution in [0.3, 0.4) is 0 Å². The van der Waals surface area contributed by atoms with Crippen LogP contribution in [0.5, 0.6) is 17.2 Å². The molecule has 3 heteroatoms. The number of phenols is 2. The molecule has 0 saturated carbocycles. The highest BCUT2D eigenvalue weighted by molar-refractivity contribution is 5.43. The second-order valence-electron chi connectivity index (χ2n) is 4.60. The van der Waals surface area contributed by atoms with E-state index in [0.29, 0.717) is 12.5 Å². The first-order valence-electron chi connectivity index (χ1n) is 6.96. The van der Waals surface area contributed by atoms with Crippen LogP contribution in [0.4, 0.5) is 0 Å². The van der Waals surface area contributed by atoms with Crippen LogP contribution in [0.1, 0.15) is 30.9 Å². The fraction of sp³-hybridized carbons (Fsp3) is 0.294. The first kappa shape index (κ1) is 14.3. The molecule has 0 aliphatic carbocycles. The molecule has 0 fully saturated rings. The summed E-state index contributed by atoms with van der Waals surface area (Å²) in [6, 6.07) is 12.5. The number of hydrogen-bond acceptors (Lipinski definition) is 3. The number of aromatic hydroxyl groups is 2. The van der Waals surface area contributed by atoms with Gasteiger partial charge in [-0.1, -0.05) is 32.0 Å². The third kappa shape index (κ3) is 3.05. The molecule has 3 nitrogen and oxygen atoms in total. The lowest BCUT2D eigenvalue weighted by atomic mass is 9.90. The summed E-state index contributed by atoms with van der Waals surface area (Å²) in [5.74, 6) is 1.57. The first-order chi connectivity index (χ1) is 9.72. The summed E-state index contributed by atoms with van der Waals surface area (Å²) in [6.45, 7) is 4.60. The summed E-state index contributed by atoms with van der Waals surface area (Å²) in [6.07, 6.45) is 0.889. The van der Waals surface area contributed by atoms with Gasteiger partial charge >= 0.3 is 0 Å². The predicted octanol–water partition coefficient (Wildman–Crippen LogP) is 3.84. The standard InChI is InChI=1S/C15H14O3.C2H6/c16-13-4-1-10(2-5-13)12-7-11-3-6-14(17)8-15(11)18-9-12;1-2/h1-6,8,12,16-17H,7,9H2;1-2H3. The van der Waals surface area contributed by atoms with E-state index >= 15 is 0 Å². The Morgan fingerprint density at radius 3 is 2.30 bits per heavy atom. The van der Waals surface area contributed by atoms with Gasteiger partial charge in [-0.15, -0.1) is 0 Å². The highest BCUT2D eigenvalue weighted by Gasteiger charge is 2.21. The van der Waals surface area contributed by atoms with Crippen molar-refractivity contribution in [1.82, 2.24) is 0 Å². The van der Waals surface area contributed by atoms with Gasteiger partial charge in [0.1, 0.15) is 17.2 Å². The van der Waals surface area contributed by atoms with E-state index in [4.69, 9.17) is 4.74 Å². The van der Waals surface area contributed by atoms with E-state index in [2.05, 4.69) is 0 Å². The van der Waals surface area contributed by atoms with Crippen molar-refractivity contribution in [3.63, 3.8) is 0 Å². The van der Waals surface area contributed by atoms with Crippen molar-refractivity contribution in [2.24, 2.45) is 0 Å². The minimum atomic E-state index is 0.233. The van der Waals surface area contributed by atoms with Crippen LogP contribution in [0, 0.1) is 0 Å². The molecule has 0 aromatic heterocycles. The Balaban J connectivity index is 0.000000704. The largest absolute Gasteiger partial charge is 0.508 e. The Bertz CT molecular complexity index is 561. The molecule has 2 aromatic rings. The van der Waals surface area contributed by atoms with Crippen LogP contribution in [-0.4, -0.2) is 16.8 Å². The molecular weight excluding hydrogens is 252 g/mol. The van der Waals surface area contributed by atoms with Crippen molar-refractivity contribution < 1.29 is 14.9 Å². The van der Waals surface area contributed by atoms with E-state index < -0.39 is 0 Å². The molecule has 2 aromatic carbocycles. The molecule has 0 radical (unpaired) electrons. The summed E-state index contributed by atoms with van der Waals surface area (Å²) >= 11 is 0. The Kier molecular flexibility index (Phi) is 4.51. The molecular formula is C17H20O3. The van der Waals surface area contributed by atoms with Crippen LogP contribution < -0.4 is 4.74 Å². The fourth-order valence-electron chi connectivity index (χ4n) is 2.32. The van der Waals surface area contributed by atoms with Gasteiger partial charge in [-0.25, -0.2) is 0 Å². The maximum absolute atomic E-state index is 9.39. The number of ether oxygens (including phenoxy) is 1. The normalized spacial score (nSPS) is 16.4. The van der Waals surface area contributed by atoms with Gasteiger partial charge in [0.05, 0.1) is 6.61 Å². The lowest BCUT2D eigenvalue weighted by Crippen LogP contribution is -2.18. The van der Waals surface area contributed by atoms with Gasteiger partial charge in [0.15, 0.2) is 0 Å². The zero-order valence-electron chi connectivity index (χ0n) is 11.8. The zero-order chi connectivity index (χ0) is 14.5. The molecule has 0 spiro atoms. The summed E-state index contributed by atoms with van der Waals surface area (Å²) in [5, 5.41) is 18.7. The first-order valence-corrected chi connectivity index (χ1v) is 6.96. The molecule has 3 rings (SSSR count). The maximum atomic E-state index is 9.39. The van der Waals surface area contributed by atoms with E-state index in [1.54, 1.807) is 24.3 Å². The van der Waals surface area contributed by atoms with E-state index in [-0.39, 0.29) is 11.5 Å². The SMILES string of the molecule is CC.Oc1ccc(C2COc3cc(O)ccc3C2)cc1. The minimum Gasteiger partial charge on any atom is -0.508 e. The summed E-state index contributed by atoms with van der Waals surface area (Å²) in [5.41, 5.74) is 2.27. The van der Waals surface area contributed by atoms with Crippen LogP contribution in [0.2, 0.25) is 0 Å². The third-order valence-corrected chi connectivity index (χ3v) is 3.32. The molecule has 1 unspecified atom stereocenters.